The molecule has 0 fully saturated rings. The minimum Gasteiger partial charge on any atom is -0.481 e. The van der Waals surface area contributed by atoms with Gasteiger partial charge in [-0.3, -0.25) is 9.59 Å². The normalized spacial score (nSPS) is 13.5. The summed E-state index contributed by atoms with van der Waals surface area (Å²) in [6.45, 7) is 3.69. The highest BCUT2D eigenvalue weighted by atomic mass is 16.5. The van der Waals surface area contributed by atoms with E-state index in [0.717, 1.165) is 22.3 Å². The van der Waals surface area contributed by atoms with Crippen LogP contribution < -0.4 is 10.6 Å². The van der Waals surface area contributed by atoms with Crippen molar-refractivity contribution in [1.29, 1.82) is 0 Å². The van der Waals surface area contributed by atoms with E-state index in [1.165, 1.54) is 0 Å². The predicted molar refractivity (Wildman–Crippen MR) is 123 cm³/mol. The number of alkyl carbamates (subject to hydrolysis) is 1. The number of carbonyl (C=O) groups excluding carboxylic acids is 2. The van der Waals surface area contributed by atoms with Gasteiger partial charge in [-0.05, 0) is 28.7 Å². The fraction of sp³-hybridized carbons (Fsp3) is 0.400. The molecule has 8 heteroatoms. The molecule has 2 aromatic rings. The molecule has 33 heavy (non-hydrogen) atoms. The first-order chi connectivity index (χ1) is 15.7. The molecule has 1 atom stereocenters. The van der Waals surface area contributed by atoms with Crippen LogP contribution in [0.3, 0.4) is 0 Å². The first kappa shape index (κ1) is 24.3. The van der Waals surface area contributed by atoms with Crippen molar-refractivity contribution in [3.05, 3.63) is 59.7 Å². The van der Waals surface area contributed by atoms with Crippen molar-refractivity contribution in [2.24, 2.45) is 5.41 Å². The summed E-state index contributed by atoms with van der Waals surface area (Å²) in [5, 5.41) is 23.5. The second-order valence-electron chi connectivity index (χ2n) is 9.00. The van der Waals surface area contributed by atoms with Gasteiger partial charge in [-0.15, -0.1) is 0 Å². The Morgan fingerprint density at radius 3 is 2.15 bits per heavy atom. The van der Waals surface area contributed by atoms with Gasteiger partial charge < -0.3 is 25.6 Å². The Balaban J connectivity index is 1.64. The number of hydrogen-bond acceptors (Lipinski definition) is 5. The summed E-state index contributed by atoms with van der Waals surface area (Å²) < 4.78 is 5.48. The smallest absolute Gasteiger partial charge is 0.407 e. The lowest BCUT2D eigenvalue weighted by Gasteiger charge is -2.24. The molecule has 0 saturated heterocycles. The summed E-state index contributed by atoms with van der Waals surface area (Å²) in [5.74, 6) is -1.72. The number of aliphatic hydroxyl groups is 1. The Morgan fingerprint density at radius 2 is 1.61 bits per heavy atom. The monoisotopic (exact) mass is 454 g/mol. The highest BCUT2D eigenvalue weighted by Gasteiger charge is 2.30. The third-order valence-electron chi connectivity index (χ3n) is 5.77. The maximum Gasteiger partial charge on any atom is 0.407 e. The average molecular weight is 455 g/mol. The zero-order chi connectivity index (χ0) is 24.0. The van der Waals surface area contributed by atoms with Gasteiger partial charge in [0.25, 0.3) is 0 Å². The van der Waals surface area contributed by atoms with Gasteiger partial charge in [-0.25, -0.2) is 4.79 Å². The summed E-state index contributed by atoms with van der Waals surface area (Å²) in [4.78, 5) is 36.1. The van der Waals surface area contributed by atoms with Gasteiger partial charge in [-0.2, -0.15) is 0 Å². The molecular weight excluding hydrogens is 424 g/mol. The van der Waals surface area contributed by atoms with Crippen LogP contribution in [0.5, 0.6) is 0 Å². The van der Waals surface area contributed by atoms with Crippen molar-refractivity contribution in [1.82, 2.24) is 10.6 Å². The highest BCUT2D eigenvalue weighted by molar-refractivity contribution is 5.86. The standard InChI is InChI=1S/C25H30N2O6/c1-25(2,15-28)14-26-23(31)21(11-12-22(29)30)27-24(32)33-13-20-18-9-5-3-7-16(18)17-8-4-6-10-19(17)20/h3-10,20-21,28H,11-15H2,1-2H3,(H,26,31)(H,27,32)(H,29,30). The number of carbonyl (C=O) groups is 3. The van der Waals surface area contributed by atoms with E-state index < -0.39 is 29.4 Å². The fourth-order valence-electron chi connectivity index (χ4n) is 3.82. The number of benzene rings is 2. The Bertz CT molecular complexity index is 974. The van der Waals surface area contributed by atoms with E-state index in [0.29, 0.717) is 0 Å². The van der Waals surface area contributed by atoms with Crippen molar-refractivity contribution in [3.8, 4) is 11.1 Å². The van der Waals surface area contributed by atoms with E-state index in [-0.39, 0.29) is 38.5 Å². The van der Waals surface area contributed by atoms with E-state index in [1.807, 2.05) is 48.5 Å². The van der Waals surface area contributed by atoms with E-state index in [9.17, 15) is 19.5 Å². The van der Waals surface area contributed by atoms with Gasteiger partial charge in [0.15, 0.2) is 0 Å². The molecule has 8 nitrogen and oxygen atoms in total. The van der Waals surface area contributed by atoms with Gasteiger partial charge in [0.05, 0.1) is 0 Å². The first-order valence-electron chi connectivity index (χ1n) is 10.9. The quantitative estimate of drug-likeness (QED) is 0.438. The summed E-state index contributed by atoms with van der Waals surface area (Å²) in [5.41, 5.74) is 3.80. The Kier molecular flexibility index (Phi) is 7.71. The van der Waals surface area contributed by atoms with E-state index in [2.05, 4.69) is 10.6 Å². The topological polar surface area (TPSA) is 125 Å². The molecule has 0 aliphatic heterocycles. The SMILES string of the molecule is CC(C)(CO)CNC(=O)C(CCC(=O)O)NC(=O)OCC1c2ccccc2-c2ccccc21. The number of amides is 2. The molecule has 0 radical (unpaired) electrons. The molecule has 176 valence electrons. The summed E-state index contributed by atoms with van der Waals surface area (Å²) in [7, 11) is 0. The van der Waals surface area contributed by atoms with Gasteiger partial charge in [0.1, 0.15) is 12.6 Å². The van der Waals surface area contributed by atoms with Gasteiger partial charge in [0, 0.05) is 30.9 Å². The first-order valence-corrected chi connectivity index (χ1v) is 10.9. The van der Waals surface area contributed by atoms with Crippen LogP contribution in [0.4, 0.5) is 4.79 Å². The predicted octanol–water partition coefficient (Wildman–Crippen LogP) is 2.89. The number of carboxylic acid groups (broad SMARTS) is 1. The molecule has 0 bridgehead atoms. The second kappa shape index (κ2) is 10.5. The third-order valence-corrected chi connectivity index (χ3v) is 5.77. The molecule has 1 aliphatic carbocycles. The Morgan fingerprint density at radius 1 is 1.03 bits per heavy atom. The Hall–Kier alpha value is -3.39. The number of aliphatic hydroxyl groups excluding tert-OH is 1. The molecule has 0 aromatic heterocycles. The van der Waals surface area contributed by atoms with Crippen LogP contribution in [0, 0.1) is 5.41 Å². The number of nitrogens with one attached hydrogen (secondary N) is 2. The zero-order valence-electron chi connectivity index (χ0n) is 18.8. The van der Waals surface area contributed by atoms with Gasteiger partial charge in [-0.1, -0.05) is 62.4 Å². The van der Waals surface area contributed by atoms with Crippen LogP contribution in [0.25, 0.3) is 11.1 Å². The molecular formula is C25H30N2O6. The summed E-state index contributed by atoms with van der Waals surface area (Å²) in [6, 6.07) is 14.8. The number of aliphatic carboxylic acids is 1. The van der Waals surface area contributed by atoms with E-state index in [1.54, 1.807) is 13.8 Å². The molecule has 4 N–H and O–H groups in total. The number of carboxylic acids is 1. The summed E-state index contributed by atoms with van der Waals surface area (Å²) >= 11 is 0. The molecule has 0 saturated carbocycles. The number of fused-ring (bicyclic) bond motifs is 3. The second-order valence-corrected chi connectivity index (χ2v) is 9.00. The van der Waals surface area contributed by atoms with Crippen molar-refractivity contribution in [2.75, 3.05) is 19.8 Å². The minimum atomic E-state index is -1.07. The average Bonchev–Trinajstić information content (AvgIpc) is 3.12. The van der Waals surface area contributed by atoms with E-state index in [4.69, 9.17) is 9.84 Å². The number of ether oxygens (including phenoxy) is 1. The van der Waals surface area contributed by atoms with Crippen LogP contribution in [0.15, 0.2) is 48.5 Å². The number of rotatable bonds is 10. The van der Waals surface area contributed by atoms with Gasteiger partial charge in [0.2, 0.25) is 5.91 Å². The molecule has 3 rings (SSSR count). The minimum absolute atomic E-state index is 0.0785. The van der Waals surface area contributed by atoms with Crippen LogP contribution in [0.2, 0.25) is 0 Å². The third kappa shape index (κ3) is 6.10. The van der Waals surface area contributed by atoms with Crippen molar-refractivity contribution in [2.45, 2.75) is 38.6 Å². The fourth-order valence-corrected chi connectivity index (χ4v) is 3.82. The van der Waals surface area contributed by atoms with Crippen molar-refractivity contribution in [3.63, 3.8) is 0 Å². The lowest BCUT2D eigenvalue weighted by atomic mass is 9.95. The molecule has 0 heterocycles. The van der Waals surface area contributed by atoms with Crippen LogP contribution in [0.1, 0.15) is 43.7 Å². The largest absolute Gasteiger partial charge is 0.481 e. The highest BCUT2D eigenvalue weighted by Crippen LogP contribution is 2.44. The van der Waals surface area contributed by atoms with Crippen LogP contribution >= 0.6 is 0 Å². The summed E-state index contributed by atoms with van der Waals surface area (Å²) in [6.07, 6.45) is -1.15. The van der Waals surface area contributed by atoms with E-state index >= 15 is 0 Å². The van der Waals surface area contributed by atoms with Crippen LogP contribution in [-0.2, 0) is 14.3 Å². The molecule has 2 aromatic carbocycles. The van der Waals surface area contributed by atoms with Gasteiger partial charge >= 0.3 is 12.1 Å². The molecule has 1 aliphatic rings. The molecule has 0 spiro atoms. The molecule has 2 amide bonds. The number of hydrogen-bond donors (Lipinski definition) is 4. The van der Waals surface area contributed by atoms with Crippen LogP contribution in [-0.4, -0.2) is 54.0 Å². The lowest BCUT2D eigenvalue weighted by molar-refractivity contribution is -0.137. The zero-order valence-corrected chi connectivity index (χ0v) is 18.8. The maximum atomic E-state index is 12.6. The molecule has 1 unspecified atom stereocenters. The van der Waals surface area contributed by atoms with Crippen molar-refractivity contribution < 1.29 is 29.3 Å². The van der Waals surface area contributed by atoms with Crippen molar-refractivity contribution >= 4 is 18.0 Å². The lowest BCUT2D eigenvalue weighted by Crippen LogP contribution is -2.49. The maximum absolute atomic E-state index is 12.6. The Labute approximate surface area is 193 Å².